The van der Waals surface area contributed by atoms with Gasteiger partial charge in [0, 0.05) is 36.6 Å². The van der Waals surface area contributed by atoms with E-state index >= 15 is 0 Å². The van der Waals surface area contributed by atoms with Crippen molar-refractivity contribution in [2.75, 3.05) is 25.1 Å². The van der Waals surface area contributed by atoms with Crippen LogP contribution in [-0.4, -0.2) is 49.3 Å². The number of carbonyl (C=O) groups is 1. The van der Waals surface area contributed by atoms with Crippen LogP contribution in [0.2, 0.25) is 0 Å². The van der Waals surface area contributed by atoms with E-state index in [1.807, 2.05) is 6.92 Å². The van der Waals surface area contributed by atoms with Crippen LogP contribution in [0.4, 0.5) is 0 Å². The van der Waals surface area contributed by atoms with Gasteiger partial charge in [-0.15, -0.1) is 11.3 Å². The quantitative estimate of drug-likeness (QED) is 0.845. The fourth-order valence-electron chi connectivity index (χ4n) is 2.48. The molecule has 0 spiro atoms. The summed E-state index contributed by atoms with van der Waals surface area (Å²) >= 11 is 1.75. The van der Waals surface area contributed by atoms with Gasteiger partial charge in [0.05, 0.1) is 16.5 Å². The maximum atomic E-state index is 12.0. The van der Waals surface area contributed by atoms with Crippen LogP contribution in [0.1, 0.15) is 40.8 Å². The number of thiazole rings is 1. The van der Waals surface area contributed by atoms with Gasteiger partial charge in [-0.25, -0.2) is 13.4 Å². The van der Waals surface area contributed by atoms with E-state index in [-0.39, 0.29) is 18.1 Å². The largest absolute Gasteiger partial charge is 0.343 e. The molecule has 0 N–H and O–H groups in total. The fraction of sp³-hybridized carbons (Fsp3) is 0.714. The predicted octanol–water partition coefficient (Wildman–Crippen LogP) is 1.90. The summed E-state index contributed by atoms with van der Waals surface area (Å²) in [4.78, 5) is 19.7. The number of aromatic nitrogens is 1. The molecule has 1 fully saturated rings. The SMILES string of the molecule is Cc1nc(C2CCN(C(=O)CCS(C)(=O)=O)CC2)sc1C. The van der Waals surface area contributed by atoms with Crippen molar-refractivity contribution < 1.29 is 13.2 Å². The first-order valence-electron chi connectivity index (χ1n) is 7.15. The lowest BCUT2D eigenvalue weighted by Crippen LogP contribution is -2.38. The molecule has 118 valence electrons. The Morgan fingerprint density at radius 2 is 1.95 bits per heavy atom. The molecule has 0 radical (unpaired) electrons. The summed E-state index contributed by atoms with van der Waals surface area (Å²) in [6.45, 7) is 5.51. The summed E-state index contributed by atoms with van der Waals surface area (Å²) in [6.07, 6.45) is 3.09. The van der Waals surface area contributed by atoms with Gasteiger partial charge in [0.25, 0.3) is 0 Å². The monoisotopic (exact) mass is 330 g/mol. The molecule has 0 aliphatic carbocycles. The van der Waals surface area contributed by atoms with Gasteiger partial charge < -0.3 is 4.90 Å². The summed E-state index contributed by atoms with van der Waals surface area (Å²) in [5.74, 6) is 0.322. The number of rotatable bonds is 4. The van der Waals surface area contributed by atoms with Gasteiger partial charge >= 0.3 is 0 Å². The molecule has 1 aliphatic rings. The van der Waals surface area contributed by atoms with Crippen molar-refractivity contribution >= 4 is 27.1 Å². The average Bonchev–Trinajstić information content (AvgIpc) is 2.75. The Labute approximate surface area is 130 Å². The lowest BCUT2D eigenvalue weighted by atomic mass is 9.97. The van der Waals surface area contributed by atoms with Gasteiger partial charge in [0.2, 0.25) is 5.91 Å². The molecule has 0 unspecified atom stereocenters. The highest BCUT2D eigenvalue weighted by Crippen LogP contribution is 2.32. The Hall–Kier alpha value is -0.950. The Morgan fingerprint density at radius 1 is 1.33 bits per heavy atom. The number of hydrogen-bond acceptors (Lipinski definition) is 5. The number of likely N-dealkylation sites (tertiary alicyclic amines) is 1. The molecule has 5 nitrogen and oxygen atoms in total. The number of nitrogens with zero attached hydrogens (tertiary/aromatic N) is 2. The molecule has 2 rings (SSSR count). The van der Waals surface area contributed by atoms with Gasteiger partial charge in [0.15, 0.2) is 0 Å². The van der Waals surface area contributed by atoms with Crippen molar-refractivity contribution in [1.29, 1.82) is 0 Å². The highest BCUT2D eigenvalue weighted by molar-refractivity contribution is 7.90. The van der Waals surface area contributed by atoms with E-state index in [4.69, 9.17) is 0 Å². The van der Waals surface area contributed by atoms with Crippen molar-refractivity contribution in [2.45, 2.75) is 39.0 Å². The first kappa shape index (κ1) is 16.4. The molecule has 2 heterocycles. The zero-order valence-corrected chi connectivity index (χ0v) is 14.4. The zero-order valence-electron chi connectivity index (χ0n) is 12.8. The van der Waals surface area contributed by atoms with E-state index in [2.05, 4.69) is 11.9 Å². The van der Waals surface area contributed by atoms with E-state index in [1.54, 1.807) is 16.2 Å². The van der Waals surface area contributed by atoms with Crippen molar-refractivity contribution in [3.63, 3.8) is 0 Å². The van der Waals surface area contributed by atoms with Gasteiger partial charge in [0.1, 0.15) is 9.84 Å². The lowest BCUT2D eigenvalue weighted by molar-refractivity contribution is -0.131. The van der Waals surface area contributed by atoms with Crippen molar-refractivity contribution in [2.24, 2.45) is 0 Å². The summed E-state index contributed by atoms with van der Waals surface area (Å²) in [5, 5.41) is 1.17. The van der Waals surface area contributed by atoms with Crippen LogP contribution >= 0.6 is 11.3 Å². The normalized spacial score (nSPS) is 17.2. The summed E-state index contributed by atoms with van der Waals surface area (Å²) in [6, 6.07) is 0. The second-order valence-corrected chi connectivity index (χ2v) is 9.22. The van der Waals surface area contributed by atoms with Crippen molar-refractivity contribution in [3.8, 4) is 0 Å². The van der Waals surface area contributed by atoms with E-state index in [9.17, 15) is 13.2 Å². The number of hydrogen-bond donors (Lipinski definition) is 0. The second-order valence-electron chi connectivity index (χ2n) is 5.73. The number of carbonyl (C=O) groups excluding carboxylic acids is 1. The highest BCUT2D eigenvalue weighted by Gasteiger charge is 2.26. The molecule has 1 aromatic rings. The van der Waals surface area contributed by atoms with Crippen molar-refractivity contribution in [1.82, 2.24) is 9.88 Å². The standard InChI is InChI=1S/C14H22N2O3S2/c1-10-11(2)20-14(15-10)12-4-7-16(8-5-12)13(17)6-9-21(3,18)19/h12H,4-9H2,1-3H3. The molecule has 0 atom stereocenters. The molecular weight excluding hydrogens is 308 g/mol. The minimum absolute atomic E-state index is 0.0506. The van der Waals surface area contributed by atoms with Crippen LogP contribution < -0.4 is 0 Å². The topological polar surface area (TPSA) is 67.3 Å². The molecule has 7 heteroatoms. The molecule has 0 bridgehead atoms. The molecule has 1 aliphatic heterocycles. The van der Waals surface area contributed by atoms with E-state index < -0.39 is 9.84 Å². The van der Waals surface area contributed by atoms with Gasteiger partial charge in [-0.05, 0) is 26.7 Å². The average molecular weight is 330 g/mol. The summed E-state index contributed by atoms with van der Waals surface area (Å²) < 4.78 is 22.2. The number of amides is 1. The van der Waals surface area contributed by atoms with Crippen LogP contribution in [0.5, 0.6) is 0 Å². The molecule has 1 amide bonds. The van der Waals surface area contributed by atoms with Crippen LogP contribution in [0.15, 0.2) is 0 Å². The highest BCUT2D eigenvalue weighted by atomic mass is 32.2. The molecule has 21 heavy (non-hydrogen) atoms. The Balaban J connectivity index is 1.87. The smallest absolute Gasteiger partial charge is 0.223 e. The maximum Gasteiger partial charge on any atom is 0.223 e. The summed E-state index contributed by atoms with van der Waals surface area (Å²) in [7, 11) is -3.07. The molecular formula is C14H22N2O3S2. The lowest BCUT2D eigenvalue weighted by Gasteiger charge is -2.31. The summed E-state index contributed by atoms with van der Waals surface area (Å²) in [5.41, 5.74) is 1.10. The van der Waals surface area contributed by atoms with E-state index in [0.717, 1.165) is 18.5 Å². The minimum Gasteiger partial charge on any atom is -0.343 e. The molecule has 0 saturated carbocycles. The van der Waals surface area contributed by atoms with Gasteiger partial charge in [-0.3, -0.25) is 4.79 Å². The number of aryl methyl sites for hydroxylation is 2. The van der Waals surface area contributed by atoms with Gasteiger partial charge in [-0.2, -0.15) is 0 Å². The number of sulfone groups is 1. The molecule has 1 saturated heterocycles. The van der Waals surface area contributed by atoms with Crippen LogP contribution in [0, 0.1) is 13.8 Å². The predicted molar refractivity (Wildman–Crippen MR) is 84.5 cm³/mol. The fourth-order valence-corrected chi connectivity index (χ4v) is 4.12. The Bertz CT molecular complexity index is 595. The third kappa shape index (κ3) is 4.51. The van der Waals surface area contributed by atoms with Crippen LogP contribution in [0.3, 0.4) is 0 Å². The Kier molecular flexibility index (Phi) is 5.03. The third-order valence-electron chi connectivity index (χ3n) is 3.93. The maximum absolute atomic E-state index is 12.0. The molecule has 1 aromatic heterocycles. The third-order valence-corrected chi connectivity index (χ3v) is 6.11. The van der Waals surface area contributed by atoms with E-state index in [1.165, 1.54) is 16.1 Å². The number of piperidine rings is 1. The first-order chi connectivity index (χ1) is 9.76. The Morgan fingerprint density at radius 3 is 2.43 bits per heavy atom. The van der Waals surface area contributed by atoms with E-state index in [0.29, 0.717) is 19.0 Å². The second kappa shape index (κ2) is 6.44. The van der Waals surface area contributed by atoms with Gasteiger partial charge in [-0.1, -0.05) is 0 Å². The van der Waals surface area contributed by atoms with Crippen molar-refractivity contribution in [3.05, 3.63) is 15.6 Å². The first-order valence-corrected chi connectivity index (χ1v) is 10.0. The zero-order chi connectivity index (χ0) is 15.6. The van der Waals surface area contributed by atoms with Crippen LogP contribution in [-0.2, 0) is 14.6 Å². The minimum atomic E-state index is -3.07. The van der Waals surface area contributed by atoms with Crippen LogP contribution in [0.25, 0.3) is 0 Å². The molecule has 0 aromatic carbocycles.